The molecule has 0 amide bonds. The van der Waals surface area contributed by atoms with Crippen LogP contribution in [0.5, 0.6) is 0 Å². The maximum Gasteiger partial charge on any atom is 0.139 e. The lowest BCUT2D eigenvalue weighted by Gasteiger charge is -2.64. The van der Waals surface area contributed by atoms with Crippen LogP contribution < -0.4 is 0 Å². The highest BCUT2D eigenvalue weighted by Gasteiger charge is 2.64. The number of fused-ring (bicyclic) bond motifs is 5. The van der Waals surface area contributed by atoms with Gasteiger partial charge in [0.25, 0.3) is 0 Å². The van der Waals surface area contributed by atoms with Crippen molar-refractivity contribution in [3.63, 3.8) is 0 Å². The number of nitrogens with zero attached hydrogens (tertiary/aromatic N) is 1. The molecule has 6 atom stereocenters. The Morgan fingerprint density at radius 1 is 0.957 bits per heavy atom. The van der Waals surface area contributed by atoms with Gasteiger partial charge in [0.15, 0.2) is 0 Å². The molecule has 4 aliphatic carbocycles. The zero-order valence-electron chi connectivity index (χ0n) is 14.9. The summed E-state index contributed by atoms with van der Waals surface area (Å²) in [5.74, 6) is 2.53. The van der Waals surface area contributed by atoms with Crippen LogP contribution in [0.25, 0.3) is 0 Å². The van der Waals surface area contributed by atoms with Crippen molar-refractivity contribution in [1.29, 1.82) is 0 Å². The number of carbonyl (C=O) groups is 1. The van der Waals surface area contributed by atoms with Crippen molar-refractivity contribution >= 4 is 11.5 Å². The Hall–Kier alpha value is -0.860. The van der Waals surface area contributed by atoms with Crippen molar-refractivity contribution < 1.29 is 10.0 Å². The third-order valence-electron chi connectivity index (χ3n) is 8.95. The van der Waals surface area contributed by atoms with E-state index in [0.29, 0.717) is 28.4 Å². The first-order chi connectivity index (χ1) is 10.8. The average molecular weight is 317 g/mol. The summed E-state index contributed by atoms with van der Waals surface area (Å²) in [6, 6.07) is 0. The molecule has 23 heavy (non-hydrogen) atoms. The summed E-state index contributed by atoms with van der Waals surface area (Å²) < 4.78 is 0. The van der Waals surface area contributed by atoms with Gasteiger partial charge in [-0.15, -0.1) is 0 Å². The highest BCUT2D eigenvalue weighted by molar-refractivity contribution is 5.87. The van der Waals surface area contributed by atoms with E-state index in [1.165, 1.54) is 19.3 Å². The quantitative estimate of drug-likeness (QED) is 0.514. The number of oxime groups is 1. The normalized spacial score (nSPS) is 54.5. The summed E-state index contributed by atoms with van der Waals surface area (Å²) in [7, 11) is 0. The number of carbonyl (C=O) groups excluding carboxylic acids is 1. The highest BCUT2D eigenvalue weighted by Crippen LogP contribution is 2.70. The fourth-order valence-electron chi connectivity index (χ4n) is 7.60. The fourth-order valence-corrected chi connectivity index (χ4v) is 7.60. The number of rotatable bonds is 0. The molecule has 3 heteroatoms. The molecule has 0 aromatic heterocycles. The molecular formula is C20H31NO2. The van der Waals surface area contributed by atoms with Crippen molar-refractivity contribution in [1.82, 2.24) is 0 Å². The fraction of sp³-hybridized carbons (Fsp3) is 0.900. The van der Waals surface area contributed by atoms with Crippen LogP contribution in [-0.4, -0.2) is 16.7 Å². The lowest BCUT2D eigenvalue weighted by atomic mass is 9.40. The average Bonchev–Trinajstić information content (AvgIpc) is 2.83. The van der Waals surface area contributed by atoms with Gasteiger partial charge in [-0.1, -0.05) is 25.9 Å². The van der Waals surface area contributed by atoms with E-state index in [0.717, 1.165) is 50.2 Å². The van der Waals surface area contributed by atoms with Gasteiger partial charge in [0, 0.05) is 11.8 Å². The van der Waals surface area contributed by atoms with E-state index in [9.17, 15) is 10.0 Å². The SMILES string of the molecule is C[C@]12CC/C(=N\O)C[C@@H]1CC[C@]1(C)[C@@H]2CC[C@]2(C)C(=O)CC[C@@H]12. The number of hydrogen-bond donors (Lipinski definition) is 1. The van der Waals surface area contributed by atoms with Gasteiger partial charge in [-0.25, -0.2) is 0 Å². The monoisotopic (exact) mass is 317 g/mol. The minimum absolute atomic E-state index is 0.0408. The van der Waals surface area contributed by atoms with Gasteiger partial charge in [0.05, 0.1) is 5.71 Å². The minimum Gasteiger partial charge on any atom is -0.411 e. The van der Waals surface area contributed by atoms with Gasteiger partial charge in [-0.2, -0.15) is 0 Å². The largest absolute Gasteiger partial charge is 0.411 e. The molecule has 0 unspecified atom stereocenters. The predicted octanol–water partition coefficient (Wildman–Crippen LogP) is 4.82. The maximum atomic E-state index is 12.5. The van der Waals surface area contributed by atoms with Gasteiger partial charge in [0.2, 0.25) is 0 Å². The Labute approximate surface area is 139 Å². The highest BCUT2D eigenvalue weighted by atomic mass is 16.4. The van der Waals surface area contributed by atoms with Crippen LogP contribution in [0.1, 0.15) is 78.6 Å². The van der Waals surface area contributed by atoms with Crippen LogP contribution in [0.3, 0.4) is 0 Å². The van der Waals surface area contributed by atoms with Crippen LogP contribution >= 0.6 is 0 Å². The van der Waals surface area contributed by atoms with Crippen molar-refractivity contribution in [2.24, 2.45) is 39.2 Å². The lowest BCUT2D eigenvalue weighted by molar-refractivity contribution is -0.160. The molecule has 1 N–H and O–H groups in total. The molecule has 4 saturated carbocycles. The van der Waals surface area contributed by atoms with E-state index in [-0.39, 0.29) is 5.41 Å². The molecule has 128 valence electrons. The van der Waals surface area contributed by atoms with Crippen LogP contribution in [0.4, 0.5) is 0 Å². The molecule has 0 aliphatic heterocycles. The van der Waals surface area contributed by atoms with Crippen molar-refractivity contribution in [3.8, 4) is 0 Å². The minimum atomic E-state index is -0.0408. The standard InChI is InChI=1S/C20H31NO2/c1-18-10-7-14(21-23)12-13(18)6-9-19(2)15-4-5-17(22)20(15,3)11-8-16(18)19/h13,15-16,23H,4-12H2,1-3H3/b21-14+/t13-,15-,16+,18-,19-,20-/m0/s1. The summed E-state index contributed by atoms with van der Waals surface area (Å²) in [5, 5.41) is 12.7. The van der Waals surface area contributed by atoms with E-state index in [1.807, 2.05) is 0 Å². The summed E-state index contributed by atoms with van der Waals surface area (Å²) in [4.78, 5) is 12.5. The Morgan fingerprint density at radius 3 is 2.48 bits per heavy atom. The third-order valence-corrected chi connectivity index (χ3v) is 8.95. The third kappa shape index (κ3) is 1.88. The second-order valence-corrected chi connectivity index (χ2v) is 9.64. The molecule has 0 radical (unpaired) electrons. The molecule has 4 fully saturated rings. The molecule has 0 aromatic rings. The van der Waals surface area contributed by atoms with Crippen molar-refractivity contribution in [2.45, 2.75) is 78.6 Å². The van der Waals surface area contributed by atoms with Crippen LogP contribution in [0.15, 0.2) is 5.16 Å². The summed E-state index contributed by atoms with van der Waals surface area (Å²) >= 11 is 0. The first-order valence-corrected chi connectivity index (χ1v) is 9.58. The number of hydrogen-bond acceptors (Lipinski definition) is 3. The second kappa shape index (κ2) is 4.83. The van der Waals surface area contributed by atoms with E-state index in [4.69, 9.17) is 0 Å². The summed E-state index contributed by atoms with van der Waals surface area (Å²) in [6.45, 7) is 7.28. The molecule has 0 saturated heterocycles. The molecule has 4 rings (SSSR count). The smallest absolute Gasteiger partial charge is 0.139 e. The number of Topliss-reactive ketones (excluding diaryl/α,β-unsaturated/α-hetero) is 1. The first kappa shape index (κ1) is 15.7. The van der Waals surface area contributed by atoms with Gasteiger partial charge in [-0.3, -0.25) is 4.79 Å². The second-order valence-electron chi connectivity index (χ2n) is 9.64. The van der Waals surface area contributed by atoms with E-state index in [2.05, 4.69) is 25.9 Å². The lowest BCUT2D eigenvalue weighted by Crippen LogP contribution is -2.58. The predicted molar refractivity (Wildman–Crippen MR) is 90.6 cm³/mol. The van der Waals surface area contributed by atoms with Gasteiger partial charge < -0.3 is 5.21 Å². The van der Waals surface area contributed by atoms with Crippen LogP contribution in [-0.2, 0) is 4.79 Å². The summed E-state index contributed by atoms with van der Waals surface area (Å²) in [5.41, 5.74) is 1.67. The molecule has 0 heterocycles. The molecule has 0 aromatic carbocycles. The Kier molecular flexibility index (Phi) is 3.29. The van der Waals surface area contributed by atoms with E-state index < -0.39 is 0 Å². The van der Waals surface area contributed by atoms with Gasteiger partial charge in [0.1, 0.15) is 5.78 Å². The van der Waals surface area contributed by atoms with Gasteiger partial charge in [-0.05, 0) is 80.0 Å². The van der Waals surface area contributed by atoms with Gasteiger partial charge >= 0.3 is 0 Å². The zero-order valence-corrected chi connectivity index (χ0v) is 14.9. The first-order valence-electron chi connectivity index (χ1n) is 9.58. The number of ketones is 1. The molecule has 0 spiro atoms. The van der Waals surface area contributed by atoms with E-state index in [1.54, 1.807) is 0 Å². The Morgan fingerprint density at radius 2 is 1.74 bits per heavy atom. The zero-order chi connectivity index (χ0) is 16.5. The molecule has 4 aliphatic rings. The molecule has 0 bridgehead atoms. The van der Waals surface area contributed by atoms with Crippen LogP contribution in [0, 0.1) is 34.0 Å². The van der Waals surface area contributed by atoms with Crippen LogP contribution in [0.2, 0.25) is 0 Å². The van der Waals surface area contributed by atoms with Crippen molar-refractivity contribution in [2.75, 3.05) is 0 Å². The molecular weight excluding hydrogens is 286 g/mol. The Bertz CT molecular complexity index is 570. The van der Waals surface area contributed by atoms with E-state index >= 15 is 0 Å². The summed E-state index contributed by atoms with van der Waals surface area (Å²) in [6.07, 6.45) is 9.84. The maximum absolute atomic E-state index is 12.5. The topological polar surface area (TPSA) is 49.7 Å². The Balaban J connectivity index is 1.69. The van der Waals surface area contributed by atoms with Crippen molar-refractivity contribution in [3.05, 3.63) is 0 Å². The molecule has 3 nitrogen and oxygen atoms in total.